The summed E-state index contributed by atoms with van der Waals surface area (Å²) in [5, 5.41) is 0. The van der Waals surface area contributed by atoms with Crippen LogP contribution in [0.1, 0.15) is 17.3 Å². The molecule has 2 N–H and O–H groups in total. The highest BCUT2D eigenvalue weighted by atomic mass is 19.1. The zero-order chi connectivity index (χ0) is 9.84. The van der Waals surface area contributed by atoms with Crippen LogP contribution in [0.25, 0.3) is 0 Å². The molecule has 0 aliphatic heterocycles. The van der Waals surface area contributed by atoms with Gasteiger partial charge < -0.3 is 5.73 Å². The zero-order valence-electron chi connectivity index (χ0n) is 7.46. The normalized spacial score (nSPS) is 12.5. The summed E-state index contributed by atoms with van der Waals surface area (Å²) in [5.41, 5.74) is 5.44. The Hall–Kier alpha value is -1.22. The third-order valence-corrected chi connectivity index (χ3v) is 1.94. The molecule has 0 heterocycles. The molecule has 0 aromatic heterocycles. The molecular formula is C10H12FNO. The van der Waals surface area contributed by atoms with Gasteiger partial charge >= 0.3 is 0 Å². The average molecular weight is 181 g/mol. The Labute approximate surface area is 76.6 Å². The zero-order valence-corrected chi connectivity index (χ0v) is 7.46. The number of benzene rings is 1. The third kappa shape index (κ3) is 2.12. The molecule has 70 valence electrons. The lowest BCUT2D eigenvalue weighted by Crippen LogP contribution is -2.21. The van der Waals surface area contributed by atoms with Crippen molar-refractivity contribution in [3.63, 3.8) is 0 Å². The molecule has 3 heteroatoms. The average Bonchev–Trinajstić information content (AvgIpc) is 2.16. The molecule has 1 atom stereocenters. The van der Waals surface area contributed by atoms with Gasteiger partial charge in [0.1, 0.15) is 5.82 Å². The van der Waals surface area contributed by atoms with E-state index >= 15 is 0 Å². The van der Waals surface area contributed by atoms with Crippen LogP contribution < -0.4 is 5.73 Å². The van der Waals surface area contributed by atoms with Gasteiger partial charge in [-0.25, -0.2) is 4.39 Å². The fraction of sp³-hybridized carbons (Fsp3) is 0.300. The molecule has 0 spiro atoms. The standard InChI is InChI=1S/C10H12FNO/c1-7(6-12)10(13)8-4-2-3-5-9(8)11/h2-5,7H,6,12H2,1H3. The first kappa shape index (κ1) is 9.86. The van der Waals surface area contributed by atoms with Gasteiger partial charge in [-0.3, -0.25) is 4.79 Å². The van der Waals surface area contributed by atoms with Crippen molar-refractivity contribution in [2.75, 3.05) is 6.54 Å². The van der Waals surface area contributed by atoms with Gasteiger partial charge in [-0.05, 0) is 12.1 Å². The van der Waals surface area contributed by atoms with E-state index in [2.05, 4.69) is 0 Å². The highest BCUT2D eigenvalue weighted by molar-refractivity contribution is 5.97. The van der Waals surface area contributed by atoms with Crippen molar-refractivity contribution in [3.05, 3.63) is 35.6 Å². The predicted octanol–water partition coefficient (Wildman–Crippen LogP) is 1.60. The van der Waals surface area contributed by atoms with Crippen LogP contribution in [0, 0.1) is 11.7 Å². The van der Waals surface area contributed by atoms with Crippen LogP contribution in [0.3, 0.4) is 0 Å². The lowest BCUT2D eigenvalue weighted by Gasteiger charge is -2.07. The Balaban J connectivity index is 2.95. The van der Waals surface area contributed by atoms with Crippen LogP contribution >= 0.6 is 0 Å². The number of hydrogen-bond acceptors (Lipinski definition) is 2. The smallest absolute Gasteiger partial charge is 0.169 e. The molecule has 0 aliphatic rings. The molecule has 0 saturated carbocycles. The van der Waals surface area contributed by atoms with Crippen molar-refractivity contribution in [1.29, 1.82) is 0 Å². The van der Waals surface area contributed by atoms with E-state index < -0.39 is 5.82 Å². The number of halogens is 1. The molecule has 0 bridgehead atoms. The maximum absolute atomic E-state index is 13.1. The first-order valence-corrected chi connectivity index (χ1v) is 4.15. The van der Waals surface area contributed by atoms with E-state index in [0.717, 1.165) is 0 Å². The second kappa shape index (κ2) is 4.14. The maximum Gasteiger partial charge on any atom is 0.169 e. The van der Waals surface area contributed by atoms with Crippen molar-refractivity contribution in [3.8, 4) is 0 Å². The molecule has 1 aromatic carbocycles. The van der Waals surface area contributed by atoms with E-state index in [1.165, 1.54) is 12.1 Å². The minimum absolute atomic E-state index is 0.125. The maximum atomic E-state index is 13.1. The Morgan fingerprint density at radius 2 is 2.15 bits per heavy atom. The van der Waals surface area contributed by atoms with Gasteiger partial charge in [-0.2, -0.15) is 0 Å². The summed E-state index contributed by atoms with van der Waals surface area (Å²) in [7, 11) is 0. The number of carbonyl (C=O) groups is 1. The van der Waals surface area contributed by atoms with Gasteiger partial charge in [0.2, 0.25) is 0 Å². The van der Waals surface area contributed by atoms with Gasteiger partial charge in [0, 0.05) is 12.5 Å². The van der Waals surface area contributed by atoms with Crippen LogP contribution in [0.5, 0.6) is 0 Å². The van der Waals surface area contributed by atoms with Crippen molar-refractivity contribution in [2.45, 2.75) is 6.92 Å². The number of hydrogen-bond donors (Lipinski definition) is 1. The Morgan fingerprint density at radius 3 is 2.69 bits per heavy atom. The van der Waals surface area contributed by atoms with E-state index in [1.807, 2.05) is 0 Å². The molecule has 13 heavy (non-hydrogen) atoms. The Kier molecular flexibility index (Phi) is 3.14. The summed E-state index contributed by atoms with van der Waals surface area (Å²) in [5.74, 6) is -1.04. The fourth-order valence-electron chi connectivity index (χ4n) is 1.03. The first-order chi connectivity index (χ1) is 6.16. The predicted molar refractivity (Wildman–Crippen MR) is 48.9 cm³/mol. The minimum Gasteiger partial charge on any atom is -0.330 e. The molecule has 0 fully saturated rings. The van der Waals surface area contributed by atoms with Crippen LogP contribution in [0.4, 0.5) is 4.39 Å². The summed E-state index contributed by atoms with van der Waals surface area (Å²) in [6.45, 7) is 1.93. The quantitative estimate of drug-likeness (QED) is 0.720. The number of Topliss-reactive ketones (excluding diaryl/α,β-unsaturated/α-hetero) is 1. The molecule has 2 nitrogen and oxygen atoms in total. The summed E-state index contributed by atoms with van der Waals surface area (Å²) < 4.78 is 13.1. The van der Waals surface area contributed by atoms with E-state index in [4.69, 9.17) is 5.73 Å². The molecular weight excluding hydrogens is 169 g/mol. The van der Waals surface area contributed by atoms with Crippen molar-refractivity contribution in [1.82, 2.24) is 0 Å². The van der Waals surface area contributed by atoms with Gasteiger partial charge in [-0.1, -0.05) is 19.1 Å². The van der Waals surface area contributed by atoms with E-state index in [9.17, 15) is 9.18 Å². The molecule has 0 amide bonds. The number of carbonyl (C=O) groups excluding carboxylic acids is 1. The van der Waals surface area contributed by atoms with E-state index in [0.29, 0.717) is 0 Å². The lowest BCUT2D eigenvalue weighted by atomic mass is 9.99. The number of rotatable bonds is 3. The highest BCUT2D eigenvalue weighted by Crippen LogP contribution is 2.11. The van der Waals surface area contributed by atoms with Gasteiger partial charge in [0.25, 0.3) is 0 Å². The molecule has 0 aliphatic carbocycles. The largest absolute Gasteiger partial charge is 0.330 e. The number of nitrogens with two attached hydrogens (primary N) is 1. The summed E-state index contributed by atoms with van der Waals surface area (Å²) >= 11 is 0. The van der Waals surface area contributed by atoms with Crippen molar-refractivity contribution < 1.29 is 9.18 Å². The third-order valence-electron chi connectivity index (χ3n) is 1.94. The molecule has 0 saturated heterocycles. The second-order valence-corrected chi connectivity index (χ2v) is 2.98. The summed E-state index contributed by atoms with van der Waals surface area (Å²) in [6, 6.07) is 5.94. The highest BCUT2D eigenvalue weighted by Gasteiger charge is 2.16. The molecule has 0 radical (unpaired) electrons. The van der Waals surface area contributed by atoms with E-state index in [1.54, 1.807) is 19.1 Å². The summed E-state index contributed by atoms with van der Waals surface area (Å²) in [6.07, 6.45) is 0. The molecule has 1 unspecified atom stereocenters. The minimum atomic E-state index is -0.479. The van der Waals surface area contributed by atoms with Gasteiger partial charge in [0.15, 0.2) is 5.78 Å². The van der Waals surface area contributed by atoms with Crippen LogP contribution in [0.2, 0.25) is 0 Å². The fourth-order valence-corrected chi connectivity index (χ4v) is 1.03. The van der Waals surface area contributed by atoms with Crippen LogP contribution in [0.15, 0.2) is 24.3 Å². The number of ketones is 1. The van der Waals surface area contributed by atoms with Crippen LogP contribution in [-0.4, -0.2) is 12.3 Å². The van der Waals surface area contributed by atoms with Crippen LogP contribution in [-0.2, 0) is 0 Å². The SMILES string of the molecule is CC(CN)C(=O)c1ccccc1F. The Morgan fingerprint density at radius 1 is 1.54 bits per heavy atom. The summed E-state index contributed by atoms with van der Waals surface area (Å²) in [4.78, 5) is 11.5. The first-order valence-electron chi connectivity index (χ1n) is 4.15. The molecule has 1 rings (SSSR count). The van der Waals surface area contributed by atoms with Gasteiger partial charge in [-0.15, -0.1) is 0 Å². The van der Waals surface area contributed by atoms with Gasteiger partial charge in [0.05, 0.1) is 5.56 Å². The van der Waals surface area contributed by atoms with Crippen molar-refractivity contribution >= 4 is 5.78 Å². The lowest BCUT2D eigenvalue weighted by molar-refractivity contribution is 0.0930. The van der Waals surface area contributed by atoms with E-state index in [-0.39, 0.29) is 23.8 Å². The topological polar surface area (TPSA) is 43.1 Å². The monoisotopic (exact) mass is 181 g/mol. The van der Waals surface area contributed by atoms with Crippen molar-refractivity contribution in [2.24, 2.45) is 11.7 Å². The second-order valence-electron chi connectivity index (χ2n) is 2.98. The Bertz CT molecular complexity index is 312. The molecule has 1 aromatic rings.